The van der Waals surface area contributed by atoms with Crippen LogP contribution in [0.25, 0.3) is 0 Å². The highest BCUT2D eigenvalue weighted by molar-refractivity contribution is 6.04. The molecule has 102 valence electrons. The number of aromatic nitrogens is 2. The number of halogens is 3. The van der Waals surface area contributed by atoms with Crippen LogP contribution in [0, 0.1) is 28.8 Å². The lowest BCUT2D eigenvalue weighted by molar-refractivity contribution is 0.102. The number of benzene rings is 1. The van der Waals surface area contributed by atoms with Crippen LogP contribution in [0.3, 0.4) is 0 Å². The molecule has 0 aliphatic rings. The van der Waals surface area contributed by atoms with E-state index in [9.17, 15) is 18.0 Å². The predicted octanol–water partition coefficient (Wildman–Crippen LogP) is 1.96. The molecule has 2 rings (SSSR count). The minimum absolute atomic E-state index is 0.0293. The number of rotatable bonds is 2. The molecule has 0 bridgehead atoms. The molecule has 0 fully saturated rings. The van der Waals surface area contributed by atoms with Crippen molar-refractivity contribution in [2.45, 2.75) is 0 Å². The number of hydrogen-bond donors (Lipinski definition) is 1. The standard InChI is InChI=1S/C12H7F3N4O/c1-19-11(6(4-16)5-17-19)18-12(20)7-2-3-8(13)10(15)9(7)14/h2-3,5H,1H3,(H,18,20). The summed E-state index contributed by atoms with van der Waals surface area (Å²) < 4.78 is 40.5. The van der Waals surface area contributed by atoms with Crippen LogP contribution in [0.4, 0.5) is 19.0 Å². The van der Waals surface area contributed by atoms with Gasteiger partial charge in [0.2, 0.25) is 0 Å². The lowest BCUT2D eigenvalue weighted by atomic mass is 10.2. The number of nitrogens with zero attached hydrogens (tertiary/aromatic N) is 3. The maximum Gasteiger partial charge on any atom is 0.259 e. The number of nitriles is 1. The first-order chi connectivity index (χ1) is 9.45. The van der Waals surface area contributed by atoms with Crippen molar-refractivity contribution in [2.24, 2.45) is 7.05 Å². The first-order valence-corrected chi connectivity index (χ1v) is 5.32. The van der Waals surface area contributed by atoms with Crippen molar-refractivity contribution in [2.75, 3.05) is 5.32 Å². The monoisotopic (exact) mass is 280 g/mol. The Kier molecular flexibility index (Phi) is 3.43. The number of hydrogen-bond acceptors (Lipinski definition) is 3. The fourth-order valence-electron chi connectivity index (χ4n) is 1.54. The number of amides is 1. The van der Waals surface area contributed by atoms with Crippen molar-refractivity contribution in [3.05, 3.63) is 46.9 Å². The smallest absolute Gasteiger partial charge is 0.259 e. The van der Waals surface area contributed by atoms with Crippen LogP contribution in [0.2, 0.25) is 0 Å². The second-order valence-electron chi connectivity index (χ2n) is 3.82. The molecule has 1 amide bonds. The molecule has 1 N–H and O–H groups in total. The molecule has 0 aliphatic carbocycles. The van der Waals surface area contributed by atoms with Crippen molar-refractivity contribution in [3.63, 3.8) is 0 Å². The van der Waals surface area contributed by atoms with Gasteiger partial charge in [-0.1, -0.05) is 0 Å². The molecule has 20 heavy (non-hydrogen) atoms. The molecule has 0 radical (unpaired) electrons. The van der Waals surface area contributed by atoms with Gasteiger partial charge in [0, 0.05) is 7.05 Å². The van der Waals surface area contributed by atoms with Crippen LogP contribution in [0.15, 0.2) is 18.3 Å². The first-order valence-electron chi connectivity index (χ1n) is 5.32. The third-order valence-corrected chi connectivity index (χ3v) is 2.57. The highest BCUT2D eigenvalue weighted by Gasteiger charge is 2.20. The van der Waals surface area contributed by atoms with E-state index in [4.69, 9.17) is 5.26 Å². The number of carbonyl (C=O) groups is 1. The van der Waals surface area contributed by atoms with Gasteiger partial charge in [-0.05, 0) is 12.1 Å². The van der Waals surface area contributed by atoms with E-state index in [1.807, 2.05) is 0 Å². The Morgan fingerprint density at radius 2 is 2.05 bits per heavy atom. The van der Waals surface area contributed by atoms with E-state index in [0.29, 0.717) is 6.07 Å². The second-order valence-corrected chi connectivity index (χ2v) is 3.82. The van der Waals surface area contributed by atoms with E-state index in [0.717, 1.165) is 6.07 Å². The fraction of sp³-hybridized carbons (Fsp3) is 0.0833. The highest BCUT2D eigenvalue weighted by Crippen LogP contribution is 2.18. The molecule has 1 aromatic carbocycles. The van der Waals surface area contributed by atoms with Crippen molar-refractivity contribution < 1.29 is 18.0 Å². The third kappa shape index (κ3) is 2.21. The molecule has 1 heterocycles. The van der Waals surface area contributed by atoms with Gasteiger partial charge in [0.1, 0.15) is 17.5 Å². The van der Waals surface area contributed by atoms with Crippen molar-refractivity contribution >= 4 is 11.7 Å². The largest absolute Gasteiger partial charge is 0.306 e. The van der Waals surface area contributed by atoms with E-state index < -0.39 is 28.9 Å². The first kappa shape index (κ1) is 13.6. The molecule has 2 aromatic rings. The Morgan fingerprint density at radius 1 is 1.35 bits per heavy atom. The number of nitrogens with one attached hydrogen (secondary N) is 1. The van der Waals surface area contributed by atoms with E-state index in [-0.39, 0.29) is 11.4 Å². The normalized spacial score (nSPS) is 10.2. The fourth-order valence-corrected chi connectivity index (χ4v) is 1.54. The number of carbonyl (C=O) groups excluding carboxylic acids is 1. The number of anilines is 1. The quantitative estimate of drug-likeness (QED) is 0.855. The molecule has 8 heteroatoms. The second kappa shape index (κ2) is 5.05. The van der Waals surface area contributed by atoms with Crippen molar-refractivity contribution in [3.8, 4) is 6.07 Å². The SMILES string of the molecule is Cn1ncc(C#N)c1NC(=O)c1ccc(F)c(F)c1F. The third-order valence-electron chi connectivity index (χ3n) is 2.57. The zero-order chi connectivity index (χ0) is 14.9. The molecular weight excluding hydrogens is 273 g/mol. The highest BCUT2D eigenvalue weighted by atomic mass is 19.2. The zero-order valence-electron chi connectivity index (χ0n) is 10.1. The van der Waals surface area contributed by atoms with Crippen molar-refractivity contribution in [1.29, 1.82) is 5.26 Å². The average molecular weight is 280 g/mol. The van der Waals surface area contributed by atoms with Gasteiger partial charge in [0.15, 0.2) is 17.5 Å². The van der Waals surface area contributed by atoms with Gasteiger partial charge < -0.3 is 5.32 Å². The van der Waals surface area contributed by atoms with Gasteiger partial charge in [-0.15, -0.1) is 0 Å². The van der Waals surface area contributed by atoms with Crippen molar-refractivity contribution in [1.82, 2.24) is 9.78 Å². The molecule has 0 saturated carbocycles. The molecule has 0 unspecified atom stereocenters. The molecule has 0 aliphatic heterocycles. The maximum atomic E-state index is 13.5. The van der Waals surface area contributed by atoms with Crippen LogP contribution in [-0.4, -0.2) is 15.7 Å². The summed E-state index contributed by atoms with van der Waals surface area (Å²) in [5.41, 5.74) is -0.613. The van der Waals surface area contributed by atoms with E-state index >= 15 is 0 Å². The molecule has 5 nitrogen and oxygen atoms in total. The molecule has 0 saturated heterocycles. The summed E-state index contributed by atoms with van der Waals surface area (Å²) in [5.74, 6) is -5.70. The van der Waals surface area contributed by atoms with Gasteiger partial charge in [0.25, 0.3) is 5.91 Å². The summed E-state index contributed by atoms with van der Waals surface area (Å²) in [6.45, 7) is 0. The Morgan fingerprint density at radius 3 is 2.70 bits per heavy atom. The van der Waals surface area contributed by atoms with Gasteiger partial charge in [-0.3, -0.25) is 9.48 Å². The van der Waals surface area contributed by atoms with Gasteiger partial charge in [-0.25, -0.2) is 13.2 Å². The zero-order valence-corrected chi connectivity index (χ0v) is 10.1. The van der Waals surface area contributed by atoms with Crippen LogP contribution < -0.4 is 5.32 Å². The molecule has 0 spiro atoms. The summed E-state index contributed by atoms with van der Waals surface area (Å²) in [7, 11) is 1.46. The topological polar surface area (TPSA) is 70.7 Å². The predicted molar refractivity (Wildman–Crippen MR) is 62.2 cm³/mol. The summed E-state index contributed by atoms with van der Waals surface area (Å²) in [4.78, 5) is 11.8. The van der Waals surface area contributed by atoms with E-state index in [2.05, 4.69) is 10.4 Å². The summed E-state index contributed by atoms with van der Waals surface area (Å²) in [6, 6.07) is 3.23. The summed E-state index contributed by atoms with van der Waals surface area (Å²) in [6.07, 6.45) is 1.21. The maximum absolute atomic E-state index is 13.5. The lowest BCUT2D eigenvalue weighted by Crippen LogP contribution is -2.17. The number of aryl methyl sites for hydroxylation is 1. The minimum Gasteiger partial charge on any atom is -0.306 e. The molecule has 0 atom stereocenters. The Hall–Kier alpha value is -2.82. The van der Waals surface area contributed by atoms with Crippen LogP contribution in [-0.2, 0) is 7.05 Å². The molecule has 1 aromatic heterocycles. The van der Waals surface area contributed by atoms with Crippen LogP contribution in [0.1, 0.15) is 15.9 Å². The van der Waals surface area contributed by atoms with E-state index in [1.165, 1.54) is 17.9 Å². The van der Waals surface area contributed by atoms with Gasteiger partial charge in [-0.2, -0.15) is 10.4 Å². The molecular formula is C12H7F3N4O. The average Bonchev–Trinajstić information content (AvgIpc) is 2.77. The van der Waals surface area contributed by atoms with Crippen LogP contribution >= 0.6 is 0 Å². The summed E-state index contributed by atoms with van der Waals surface area (Å²) >= 11 is 0. The Balaban J connectivity index is 2.37. The Bertz CT molecular complexity index is 733. The lowest BCUT2D eigenvalue weighted by Gasteiger charge is -2.07. The summed E-state index contributed by atoms with van der Waals surface area (Å²) in [5, 5.41) is 14.8. The van der Waals surface area contributed by atoms with Crippen LogP contribution in [0.5, 0.6) is 0 Å². The minimum atomic E-state index is -1.73. The Labute approximate surface area is 111 Å². The van der Waals surface area contributed by atoms with Gasteiger partial charge in [0.05, 0.1) is 11.8 Å². The van der Waals surface area contributed by atoms with E-state index in [1.54, 1.807) is 6.07 Å². The van der Waals surface area contributed by atoms with Gasteiger partial charge >= 0.3 is 0 Å².